The first-order valence-electron chi connectivity index (χ1n) is 7.93. The van der Waals surface area contributed by atoms with Gasteiger partial charge in [-0.3, -0.25) is 0 Å². The van der Waals surface area contributed by atoms with Gasteiger partial charge in [0.2, 0.25) is 0 Å². The molecule has 6 nitrogen and oxygen atoms in total. The molecule has 0 aromatic carbocycles. The first-order valence-corrected chi connectivity index (χ1v) is 8.91. The Kier molecular flexibility index (Phi) is 6.28. The van der Waals surface area contributed by atoms with Crippen LogP contribution in [-0.2, 0) is 0 Å². The largest absolute Gasteiger partial charge is 0.388 e. The van der Waals surface area contributed by atoms with Crippen molar-refractivity contribution < 1.29 is 5.11 Å². The molecule has 7 heteroatoms. The lowest BCUT2D eigenvalue weighted by molar-refractivity contribution is -0.00410. The first kappa shape index (κ1) is 17.3. The van der Waals surface area contributed by atoms with E-state index in [4.69, 9.17) is 5.73 Å². The second-order valence-electron chi connectivity index (χ2n) is 6.04. The Bertz CT molecular complexity index is 477. The van der Waals surface area contributed by atoms with Crippen LogP contribution in [0.25, 0.3) is 0 Å². The van der Waals surface area contributed by atoms with Gasteiger partial charge in [-0.25, -0.2) is 9.97 Å². The zero-order valence-corrected chi connectivity index (χ0v) is 14.3. The van der Waals surface area contributed by atoms with Crippen molar-refractivity contribution in [1.29, 1.82) is 0 Å². The van der Waals surface area contributed by atoms with Crippen LogP contribution in [0.2, 0.25) is 0 Å². The minimum absolute atomic E-state index is 0.465. The van der Waals surface area contributed by atoms with Gasteiger partial charge in [0.25, 0.3) is 0 Å². The molecule has 1 fully saturated rings. The van der Waals surface area contributed by atoms with Gasteiger partial charge in [0, 0.05) is 31.5 Å². The number of nitrogens with two attached hydrogens (primary N) is 1. The fraction of sp³-hybridized carbons (Fsp3) is 0.733. The zero-order valence-electron chi connectivity index (χ0n) is 13.5. The average molecular weight is 325 g/mol. The SMILES string of the molecule is CCCCSc1nc(N)cc(NCC2(O)CCN(C)CC2)n1. The summed E-state index contributed by atoms with van der Waals surface area (Å²) in [4.78, 5) is 11.0. The Morgan fingerprint density at radius 3 is 2.82 bits per heavy atom. The van der Waals surface area contributed by atoms with Gasteiger partial charge in [-0.1, -0.05) is 25.1 Å². The third kappa shape index (κ3) is 5.30. The Labute approximate surface area is 136 Å². The Balaban J connectivity index is 1.91. The van der Waals surface area contributed by atoms with Crippen LogP contribution in [0, 0.1) is 0 Å². The molecule has 1 aliphatic heterocycles. The van der Waals surface area contributed by atoms with Gasteiger partial charge in [0.05, 0.1) is 5.60 Å². The number of rotatable bonds is 7. The highest BCUT2D eigenvalue weighted by molar-refractivity contribution is 7.99. The lowest BCUT2D eigenvalue weighted by Gasteiger charge is -2.36. The summed E-state index contributed by atoms with van der Waals surface area (Å²) < 4.78 is 0. The number of thioether (sulfide) groups is 1. The van der Waals surface area contributed by atoms with Gasteiger partial charge in [-0.15, -0.1) is 0 Å². The summed E-state index contributed by atoms with van der Waals surface area (Å²) in [6.45, 7) is 4.50. The molecule has 0 bridgehead atoms. The van der Waals surface area contributed by atoms with Crippen LogP contribution in [0.3, 0.4) is 0 Å². The summed E-state index contributed by atoms with van der Waals surface area (Å²) in [7, 11) is 2.08. The van der Waals surface area contributed by atoms with Crippen LogP contribution in [0.4, 0.5) is 11.6 Å². The number of hydrogen-bond donors (Lipinski definition) is 3. The molecule has 0 spiro atoms. The number of likely N-dealkylation sites (tertiary alicyclic amines) is 1. The second kappa shape index (κ2) is 7.99. The van der Waals surface area contributed by atoms with Crippen molar-refractivity contribution in [3.63, 3.8) is 0 Å². The number of unbranched alkanes of at least 4 members (excludes halogenated alkanes) is 1. The van der Waals surface area contributed by atoms with Crippen molar-refractivity contribution in [2.75, 3.05) is 43.5 Å². The van der Waals surface area contributed by atoms with Gasteiger partial charge in [0.1, 0.15) is 11.6 Å². The van der Waals surface area contributed by atoms with Crippen LogP contribution < -0.4 is 11.1 Å². The normalized spacial score (nSPS) is 18.3. The molecule has 1 saturated heterocycles. The van der Waals surface area contributed by atoms with E-state index in [0.717, 1.165) is 44.5 Å². The van der Waals surface area contributed by atoms with E-state index in [1.165, 1.54) is 0 Å². The fourth-order valence-corrected chi connectivity index (χ4v) is 3.32. The molecule has 22 heavy (non-hydrogen) atoms. The maximum absolute atomic E-state index is 10.6. The third-order valence-corrected chi connectivity index (χ3v) is 4.90. The molecule has 2 heterocycles. The summed E-state index contributed by atoms with van der Waals surface area (Å²) >= 11 is 1.62. The van der Waals surface area contributed by atoms with Gasteiger partial charge < -0.3 is 21.1 Å². The molecule has 1 aromatic rings. The van der Waals surface area contributed by atoms with Crippen LogP contribution >= 0.6 is 11.8 Å². The van der Waals surface area contributed by atoms with E-state index in [2.05, 4.69) is 34.2 Å². The van der Waals surface area contributed by atoms with E-state index in [0.29, 0.717) is 23.3 Å². The molecule has 0 atom stereocenters. The average Bonchev–Trinajstić information content (AvgIpc) is 2.49. The van der Waals surface area contributed by atoms with Crippen LogP contribution in [-0.4, -0.2) is 58.0 Å². The van der Waals surface area contributed by atoms with Gasteiger partial charge >= 0.3 is 0 Å². The number of nitrogens with zero attached hydrogens (tertiary/aromatic N) is 3. The van der Waals surface area contributed by atoms with Crippen LogP contribution in [0.5, 0.6) is 0 Å². The van der Waals surface area contributed by atoms with E-state index >= 15 is 0 Å². The van der Waals surface area contributed by atoms with Gasteiger partial charge in [-0.2, -0.15) is 0 Å². The number of nitrogen functional groups attached to an aromatic ring is 1. The predicted molar refractivity (Wildman–Crippen MR) is 92.2 cm³/mol. The molecule has 0 aliphatic carbocycles. The number of aliphatic hydroxyl groups is 1. The molecule has 0 radical (unpaired) electrons. The highest BCUT2D eigenvalue weighted by Crippen LogP contribution is 2.23. The van der Waals surface area contributed by atoms with Crippen molar-refractivity contribution in [2.24, 2.45) is 0 Å². The number of aromatic nitrogens is 2. The number of anilines is 2. The maximum atomic E-state index is 10.6. The number of piperidine rings is 1. The Morgan fingerprint density at radius 2 is 2.14 bits per heavy atom. The smallest absolute Gasteiger partial charge is 0.191 e. The van der Waals surface area contributed by atoms with Crippen molar-refractivity contribution in [3.05, 3.63) is 6.07 Å². The molecule has 1 aromatic heterocycles. The number of hydrogen-bond acceptors (Lipinski definition) is 7. The minimum atomic E-state index is -0.665. The number of nitrogens with one attached hydrogen (secondary N) is 1. The summed E-state index contributed by atoms with van der Waals surface area (Å²) in [5, 5.41) is 14.5. The molecule has 0 saturated carbocycles. The topological polar surface area (TPSA) is 87.3 Å². The van der Waals surface area contributed by atoms with E-state index < -0.39 is 5.60 Å². The molecular weight excluding hydrogens is 298 g/mol. The molecule has 1 aliphatic rings. The van der Waals surface area contributed by atoms with Crippen molar-refractivity contribution in [1.82, 2.24) is 14.9 Å². The van der Waals surface area contributed by atoms with E-state index in [1.807, 2.05) is 0 Å². The standard InChI is InChI=1S/C15H27N5OS/c1-3-4-9-22-14-18-12(16)10-13(19-14)17-11-15(21)5-7-20(2)8-6-15/h10,21H,3-9,11H2,1-2H3,(H3,16,17,18,19). The Hall–Kier alpha value is -1.05. The van der Waals surface area contributed by atoms with Gasteiger partial charge in [0.15, 0.2) is 5.16 Å². The molecule has 4 N–H and O–H groups in total. The summed E-state index contributed by atoms with van der Waals surface area (Å²) in [6, 6.07) is 1.72. The molecular formula is C15H27N5OS. The van der Waals surface area contributed by atoms with E-state index in [1.54, 1.807) is 17.8 Å². The molecule has 0 amide bonds. The molecule has 2 rings (SSSR count). The summed E-state index contributed by atoms with van der Waals surface area (Å²) in [5.41, 5.74) is 5.18. The monoisotopic (exact) mass is 325 g/mol. The molecule has 124 valence electrons. The zero-order chi connectivity index (χ0) is 16.0. The first-order chi connectivity index (χ1) is 10.5. The van der Waals surface area contributed by atoms with Crippen molar-refractivity contribution in [2.45, 2.75) is 43.4 Å². The van der Waals surface area contributed by atoms with E-state index in [-0.39, 0.29) is 0 Å². The van der Waals surface area contributed by atoms with Crippen LogP contribution in [0.15, 0.2) is 11.2 Å². The maximum Gasteiger partial charge on any atom is 0.191 e. The second-order valence-corrected chi connectivity index (χ2v) is 7.11. The van der Waals surface area contributed by atoms with Crippen molar-refractivity contribution >= 4 is 23.4 Å². The lowest BCUT2D eigenvalue weighted by Crippen LogP contribution is -2.47. The quantitative estimate of drug-likeness (QED) is 0.400. The van der Waals surface area contributed by atoms with Crippen molar-refractivity contribution in [3.8, 4) is 0 Å². The fourth-order valence-electron chi connectivity index (χ4n) is 2.37. The third-order valence-electron chi connectivity index (χ3n) is 3.97. The Morgan fingerprint density at radius 1 is 1.41 bits per heavy atom. The van der Waals surface area contributed by atoms with Gasteiger partial charge in [-0.05, 0) is 26.3 Å². The van der Waals surface area contributed by atoms with E-state index in [9.17, 15) is 5.11 Å². The minimum Gasteiger partial charge on any atom is -0.388 e. The lowest BCUT2D eigenvalue weighted by atomic mass is 9.91. The summed E-state index contributed by atoms with van der Waals surface area (Å²) in [5.74, 6) is 2.15. The predicted octanol–water partition coefficient (Wildman–Crippen LogP) is 1.82. The summed E-state index contributed by atoms with van der Waals surface area (Å²) in [6.07, 6.45) is 3.84. The highest BCUT2D eigenvalue weighted by Gasteiger charge is 2.30. The highest BCUT2D eigenvalue weighted by atomic mass is 32.2. The van der Waals surface area contributed by atoms with Crippen LogP contribution in [0.1, 0.15) is 32.6 Å². The molecule has 0 unspecified atom stereocenters.